The molecule has 1 aliphatic carbocycles. The molecule has 4 aromatic rings. The van der Waals surface area contributed by atoms with E-state index in [1.807, 2.05) is 45.6 Å². The first-order valence-electron chi connectivity index (χ1n) is 15.3. The van der Waals surface area contributed by atoms with E-state index in [-0.39, 0.29) is 18.2 Å². The number of aliphatic hydroxyl groups is 1. The molecule has 224 valence electrons. The maximum Gasteiger partial charge on any atom is 0.411 e. The lowest BCUT2D eigenvalue weighted by Gasteiger charge is -2.37. The number of carbonyl (C=O) groups excluding carboxylic acids is 1. The smallest absolute Gasteiger partial charge is 0.411 e. The van der Waals surface area contributed by atoms with Crippen molar-refractivity contribution in [3.8, 4) is 16.9 Å². The number of imidazole rings is 1. The maximum absolute atomic E-state index is 13.1. The van der Waals surface area contributed by atoms with Crippen LogP contribution in [0, 0.1) is 5.92 Å². The van der Waals surface area contributed by atoms with E-state index in [0.29, 0.717) is 20.0 Å². The van der Waals surface area contributed by atoms with E-state index >= 15 is 0 Å². The average Bonchev–Trinajstić information content (AvgIpc) is 3.36. The van der Waals surface area contributed by atoms with Crippen LogP contribution in [0.25, 0.3) is 32.9 Å². The molecule has 1 saturated carbocycles. The van der Waals surface area contributed by atoms with Crippen molar-refractivity contribution in [2.75, 3.05) is 0 Å². The summed E-state index contributed by atoms with van der Waals surface area (Å²) in [4.78, 5) is 23.6. The van der Waals surface area contributed by atoms with Crippen LogP contribution in [-0.4, -0.2) is 56.4 Å². The number of nitrogens with zero attached hydrogens (tertiary/aromatic N) is 2. The lowest BCUT2D eigenvalue weighted by atomic mass is 9.80. The molecule has 7 rings (SSSR count). The van der Waals surface area contributed by atoms with E-state index in [0.717, 1.165) is 68.4 Å². The SMILES string of the molecule is CC(C)(C)OC(=O)N1[C@@H]2C[C@@H]2C[C@H]1c1nc2ccc3cc4c(cc3c2[nH]1)OCc1cc(BOC(C)(C)C(C)(C)O)ccc1-4. The van der Waals surface area contributed by atoms with Crippen molar-refractivity contribution in [3.63, 3.8) is 0 Å². The Morgan fingerprint density at radius 2 is 1.84 bits per heavy atom. The van der Waals surface area contributed by atoms with Crippen LogP contribution in [0.4, 0.5) is 4.79 Å². The number of likely N-dealkylation sites (tertiary alicyclic amines) is 1. The highest BCUT2D eigenvalue weighted by molar-refractivity contribution is 6.47. The summed E-state index contributed by atoms with van der Waals surface area (Å²) in [6.45, 7) is 13.5. The van der Waals surface area contributed by atoms with Crippen LogP contribution in [0.1, 0.15) is 78.7 Å². The predicted octanol–water partition coefficient (Wildman–Crippen LogP) is 5.89. The molecule has 1 aromatic heterocycles. The molecule has 8 nitrogen and oxygen atoms in total. The first-order chi connectivity index (χ1) is 20.2. The Balaban J connectivity index is 1.19. The molecular formula is C34H40BN3O5. The molecule has 3 heterocycles. The largest absolute Gasteiger partial charge is 0.488 e. The monoisotopic (exact) mass is 581 g/mol. The van der Waals surface area contributed by atoms with Gasteiger partial charge in [0, 0.05) is 17.0 Å². The number of carbonyl (C=O) groups is 1. The number of rotatable bonds is 5. The van der Waals surface area contributed by atoms with Crippen molar-refractivity contribution in [3.05, 3.63) is 53.9 Å². The topological polar surface area (TPSA) is 96.9 Å². The molecule has 3 atom stereocenters. The number of fused-ring (bicyclic) bond motifs is 7. The van der Waals surface area contributed by atoms with Gasteiger partial charge < -0.3 is 24.2 Å². The van der Waals surface area contributed by atoms with Crippen molar-refractivity contribution in [1.82, 2.24) is 14.9 Å². The zero-order valence-corrected chi connectivity index (χ0v) is 26.1. The second kappa shape index (κ2) is 9.47. The van der Waals surface area contributed by atoms with Crippen molar-refractivity contribution < 1.29 is 24.0 Å². The van der Waals surface area contributed by atoms with Crippen LogP contribution in [0.2, 0.25) is 0 Å². The highest BCUT2D eigenvalue weighted by atomic mass is 16.6. The Labute approximate surface area is 253 Å². The number of aromatic amines is 1. The Hall–Kier alpha value is -3.56. The minimum absolute atomic E-state index is 0.117. The van der Waals surface area contributed by atoms with Gasteiger partial charge in [-0.05, 0) is 102 Å². The molecule has 9 heteroatoms. The van der Waals surface area contributed by atoms with Gasteiger partial charge in [-0.25, -0.2) is 9.78 Å². The fraction of sp³-hybridized carbons (Fsp3) is 0.471. The van der Waals surface area contributed by atoms with Crippen LogP contribution < -0.4 is 10.2 Å². The predicted molar refractivity (Wildman–Crippen MR) is 169 cm³/mol. The minimum atomic E-state index is -0.958. The summed E-state index contributed by atoms with van der Waals surface area (Å²) in [5.41, 5.74) is 4.01. The lowest BCUT2D eigenvalue weighted by molar-refractivity contribution is -0.0893. The Morgan fingerprint density at radius 1 is 1.05 bits per heavy atom. The standard InChI is InChI=1S/C34H40BN3O5/c1-32(2,3)42-31(39)38-26-14-19(26)15-27(38)30-36-25-11-8-18-13-24-22-10-9-21(35-43-34(6,7)33(4,5)40)12-20(22)17-41-28(24)16-23(18)29(25)37-30/h8-13,16,19,26-27,35,40H,14-15,17H2,1-7H3,(H,36,37)/t19-,26-,27+/m1/s1. The van der Waals surface area contributed by atoms with E-state index in [4.69, 9.17) is 19.1 Å². The number of piperidine rings is 1. The molecule has 2 N–H and O–H groups in total. The Bertz CT molecular complexity index is 1770. The molecule has 0 unspecified atom stereocenters. The first kappa shape index (κ1) is 28.2. The summed E-state index contributed by atoms with van der Waals surface area (Å²) < 4.78 is 18.2. The van der Waals surface area contributed by atoms with E-state index in [2.05, 4.69) is 41.4 Å². The normalized spacial score (nSPS) is 21.3. The number of hydrogen-bond donors (Lipinski definition) is 2. The molecule has 1 amide bonds. The van der Waals surface area contributed by atoms with Gasteiger partial charge in [-0.3, -0.25) is 4.90 Å². The second-order valence-corrected chi connectivity index (χ2v) is 14.5. The van der Waals surface area contributed by atoms with Gasteiger partial charge in [0.05, 0.1) is 28.3 Å². The molecule has 3 aromatic carbocycles. The second-order valence-electron chi connectivity index (χ2n) is 14.5. The molecular weight excluding hydrogens is 541 g/mol. The van der Waals surface area contributed by atoms with Crippen LogP contribution in [0.5, 0.6) is 5.75 Å². The average molecular weight is 582 g/mol. The van der Waals surface area contributed by atoms with Gasteiger partial charge in [-0.1, -0.05) is 29.7 Å². The summed E-state index contributed by atoms with van der Waals surface area (Å²) in [5, 5.41) is 12.6. The molecule has 1 saturated heterocycles. The fourth-order valence-corrected chi connectivity index (χ4v) is 6.33. The van der Waals surface area contributed by atoms with Crippen molar-refractivity contribution in [1.29, 1.82) is 0 Å². The molecule has 0 spiro atoms. The minimum Gasteiger partial charge on any atom is -0.488 e. The number of nitrogens with one attached hydrogen (secondary N) is 1. The number of benzene rings is 3. The highest BCUT2D eigenvalue weighted by Crippen LogP contribution is 2.53. The number of aromatic nitrogens is 2. The zero-order valence-electron chi connectivity index (χ0n) is 26.1. The fourth-order valence-electron chi connectivity index (χ4n) is 6.33. The third kappa shape index (κ3) is 4.96. The third-order valence-electron chi connectivity index (χ3n) is 9.53. The Morgan fingerprint density at radius 3 is 2.58 bits per heavy atom. The van der Waals surface area contributed by atoms with Crippen molar-refractivity contribution in [2.45, 2.75) is 96.8 Å². The summed E-state index contributed by atoms with van der Waals surface area (Å²) in [6, 6.07) is 14.9. The van der Waals surface area contributed by atoms with Crippen LogP contribution in [-0.2, 0) is 16.0 Å². The van der Waals surface area contributed by atoms with E-state index in [9.17, 15) is 9.90 Å². The van der Waals surface area contributed by atoms with E-state index < -0.39 is 16.8 Å². The highest BCUT2D eigenvalue weighted by Gasteiger charge is 2.56. The number of ether oxygens (including phenoxy) is 2. The molecule has 2 aliphatic heterocycles. The van der Waals surface area contributed by atoms with Gasteiger partial charge in [0.2, 0.25) is 0 Å². The van der Waals surface area contributed by atoms with Crippen molar-refractivity contribution >= 4 is 40.8 Å². The number of amides is 1. The molecule has 3 aliphatic rings. The van der Waals surface area contributed by atoms with Gasteiger partial charge in [0.15, 0.2) is 0 Å². The van der Waals surface area contributed by atoms with Crippen LogP contribution in [0.3, 0.4) is 0 Å². The Kier molecular flexibility index (Phi) is 6.22. The third-order valence-corrected chi connectivity index (χ3v) is 9.53. The van der Waals surface area contributed by atoms with Crippen LogP contribution >= 0.6 is 0 Å². The lowest BCUT2D eigenvalue weighted by Crippen LogP contribution is -2.49. The summed E-state index contributed by atoms with van der Waals surface area (Å²) >= 11 is 0. The first-order valence-corrected chi connectivity index (χ1v) is 15.3. The summed E-state index contributed by atoms with van der Waals surface area (Å²) in [7, 11) is 0.406. The van der Waals surface area contributed by atoms with Gasteiger partial charge >= 0.3 is 13.6 Å². The quantitative estimate of drug-likeness (QED) is 0.286. The van der Waals surface area contributed by atoms with Gasteiger partial charge in [0.25, 0.3) is 0 Å². The van der Waals surface area contributed by atoms with Crippen molar-refractivity contribution in [2.24, 2.45) is 5.92 Å². The molecule has 0 radical (unpaired) electrons. The molecule has 43 heavy (non-hydrogen) atoms. The van der Waals surface area contributed by atoms with E-state index in [1.165, 1.54) is 0 Å². The van der Waals surface area contributed by atoms with Gasteiger partial charge in [-0.2, -0.15) is 0 Å². The maximum atomic E-state index is 13.1. The molecule has 0 bridgehead atoms. The van der Waals surface area contributed by atoms with Crippen LogP contribution in [0.15, 0.2) is 42.5 Å². The molecule has 2 fully saturated rings. The summed E-state index contributed by atoms with van der Waals surface area (Å²) in [6.07, 6.45) is 1.68. The van der Waals surface area contributed by atoms with Gasteiger partial charge in [0.1, 0.15) is 23.8 Å². The van der Waals surface area contributed by atoms with Gasteiger partial charge in [-0.15, -0.1) is 0 Å². The zero-order chi connectivity index (χ0) is 30.5. The summed E-state index contributed by atoms with van der Waals surface area (Å²) in [5.74, 6) is 2.17. The number of H-pyrrole nitrogens is 1. The van der Waals surface area contributed by atoms with E-state index in [1.54, 1.807) is 13.8 Å². The number of hydrogen-bond acceptors (Lipinski definition) is 6.